The summed E-state index contributed by atoms with van der Waals surface area (Å²) in [5.74, 6) is 0.771. The van der Waals surface area contributed by atoms with Crippen molar-refractivity contribution in [2.45, 2.75) is 19.4 Å². The van der Waals surface area contributed by atoms with Gasteiger partial charge in [0.05, 0.1) is 32.1 Å². The molecule has 1 fully saturated rings. The van der Waals surface area contributed by atoms with Crippen molar-refractivity contribution in [2.75, 3.05) is 45.4 Å². The van der Waals surface area contributed by atoms with Gasteiger partial charge in [0.2, 0.25) is 0 Å². The number of morpholine rings is 1. The second-order valence-corrected chi connectivity index (χ2v) is 7.57. The number of rotatable bonds is 3. The minimum Gasteiger partial charge on any atom is -0.497 e. The van der Waals surface area contributed by atoms with Crippen molar-refractivity contribution in [3.8, 4) is 5.75 Å². The van der Waals surface area contributed by atoms with Gasteiger partial charge in [0.25, 0.3) is 0 Å². The molecule has 2 amide bonds. The lowest BCUT2D eigenvalue weighted by molar-refractivity contribution is 0.122. The van der Waals surface area contributed by atoms with Crippen molar-refractivity contribution in [1.29, 1.82) is 0 Å². The average molecular weight is 409 g/mol. The zero-order valence-electron chi connectivity index (χ0n) is 17.7. The van der Waals surface area contributed by atoms with E-state index in [4.69, 9.17) is 14.6 Å². The van der Waals surface area contributed by atoms with Crippen LogP contribution in [0.4, 0.5) is 10.5 Å². The molecule has 7 heteroatoms. The summed E-state index contributed by atoms with van der Waals surface area (Å²) in [6, 6.07) is 14.1. The van der Waals surface area contributed by atoms with Crippen LogP contribution < -0.4 is 15.0 Å². The number of nitrogens with zero attached hydrogens (tertiary/aromatic N) is 3. The van der Waals surface area contributed by atoms with Gasteiger partial charge in [-0.15, -0.1) is 0 Å². The minimum atomic E-state index is -0.218. The normalized spacial score (nSPS) is 18.9. The first-order chi connectivity index (χ1) is 14.6. The summed E-state index contributed by atoms with van der Waals surface area (Å²) in [5, 5.41) is 9.05. The summed E-state index contributed by atoms with van der Waals surface area (Å²) in [4.78, 5) is 14.8. The molecular formula is C23H28N4O3. The Kier molecular flexibility index (Phi) is 5.90. The van der Waals surface area contributed by atoms with Crippen LogP contribution in [0, 0.1) is 0 Å². The van der Waals surface area contributed by atoms with E-state index in [-0.39, 0.29) is 12.1 Å². The van der Waals surface area contributed by atoms with E-state index in [9.17, 15) is 4.79 Å². The van der Waals surface area contributed by atoms with Crippen molar-refractivity contribution in [1.82, 2.24) is 10.3 Å². The molecule has 1 N–H and O–H groups in total. The Morgan fingerprint density at radius 3 is 2.57 bits per heavy atom. The molecule has 0 bridgehead atoms. The molecule has 0 saturated carbocycles. The maximum Gasteiger partial charge on any atom is 0.337 e. The number of hydrazone groups is 1. The highest BCUT2D eigenvalue weighted by Gasteiger charge is 2.27. The number of benzene rings is 2. The topological polar surface area (TPSA) is 66.4 Å². The second kappa shape index (κ2) is 8.75. The van der Waals surface area contributed by atoms with Gasteiger partial charge in [-0.25, -0.2) is 9.80 Å². The molecule has 2 aliphatic heterocycles. The first-order valence-electron chi connectivity index (χ1n) is 10.3. The van der Waals surface area contributed by atoms with Gasteiger partial charge in [-0.3, -0.25) is 0 Å². The van der Waals surface area contributed by atoms with Gasteiger partial charge >= 0.3 is 6.03 Å². The molecule has 0 spiro atoms. The molecule has 0 radical (unpaired) electrons. The number of urea groups is 1. The van der Waals surface area contributed by atoms with E-state index in [0.29, 0.717) is 6.42 Å². The molecule has 0 aliphatic carbocycles. The van der Waals surface area contributed by atoms with Gasteiger partial charge in [-0.1, -0.05) is 18.2 Å². The van der Waals surface area contributed by atoms with Crippen LogP contribution in [0.25, 0.3) is 0 Å². The molecule has 2 aromatic carbocycles. The minimum absolute atomic E-state index is 0.0674. The highest BCUT2D eigenvalue weighted by atomic mass is 16.5. The van der Waals surface area contributed by atoms with E-state index in [1.807, 2.05) is 19.1 Å². The number of hydrogen-bond donors (Lipinski definition) is 1. The highest BCUT2D eigenvalue weighted by molar-refractivity contribution is 6.14. The fraction of sp³-hybridized carbons (Fsp3) is 0.391. The third kappa shape index (κ3) is 3.98. The Bertz CT molecular complexity index is 936. The molecule has 2 aliphatic rings. The van der Waals surface area contributed by atoms with E-state index < -0.39 is 0 Å². The van der Waals surface area contributed by atoms with E-state index in [1.54, 1.807) is 14.2 Å². The van der Waals surface area contributed by atoms with E-state index in [0.717, 1.165) is 54.5 Å². The first-order valence-corrected chi connectivity index (χ1v) is 10.3. The summed E-state index contributed by atoms with van der Waals surface area (Å²) in [7, 11) is 3.29. The maximum atomic E-state index is 12.5. The van der Waals surface area contributed by atoms with Crippen molar-refractivity contribution in [3.05, 3.63) is 59.2 Å². The maximum absolute atomic E-state index is 12.5. The van der Waals surface area contributed by atoms with E-state index in [2.05, 4.69) is 40.5 Å². The third-order valence-electron chi connectivity index (χ3n) is 5.65. The van der Waals surface area contributed by atoms with Gasteiger partial charge in [0.15, 0.2) is 0 Å². The quantitative estimate of drug-likeness (QED) is 0.848. The molecule has 0 unspecified atom stereocenters. The SMILES string of the molecule is CNC(=O)N1N=C(c2ccc(N3CCOCC3)cc2)c2cc(OC)ccc2C[C@@H]1C. The van der Waals surface area contributed by atoms with Gasteiger partial charge in [0.1, 0.15) is 5.75 Å². The second-order valence-electron chi connectivity index (χ2n) is 7.57. The lowest BCUT2D eigenvalue weighted by Crippen LogP contribution is -2.41. The number of carbonyl (C=O) groups excluding carboxylic acids is 1. The number of amides is 2. The molecule has 30 heavy (non-hydrogen) atoms. The summed E-state index contributed by atoms with van der Waals surface area (Å²) < 4.78 is 10.9. The lowest BCUT2D eigenvalue weighted by Gasteiger charge is -2.29. The zero-order valence-corrected chi connectivity index (χ0v) is 17.7. The molecule has 4 rings (SSSR count). The Morgan fingerprint density at radius 2 is 1.90 bits per heavy atom. The van der Waals surface area contributed by atoms with Crippen LogP contribution in [0.1, 0.15) is 23.6 Å². The van der Waals surface area contributed by atoms with E-state index in [1.165, 1.54) is 10.7 Å². The summed E-state index contributed by atoms with van der Waals surface area (Å²) in [6.07, 6.45) is 0.714. The number of ether oxygens (including phenoxy) is 2. The summed E-state index contributed by atoms with van der Waals surface area (Å²) >= 11 is 0. The fourth-order valence-corrected chi connectivity index (χ4v) is 3.97. The standard InChI is InChI=1S/C23H28N4O3/c1-16-14-18-6-9-20(29-3)15-21(18)22(25-27(16)23(28)24-2)17-4-7-19(8-5-17)26-10-12-30-13-11-26/h4-9,15-16H,10-14H2,1-3H3,(H,24,28)/t16-/m0/s1. The zero-order chi connectivity index (χ0) is 21.1. The van der Waals surface area contributed by atoms with Crippen molar-refractivity contribution in [3.63, 3.8) is 0 Å². The van der Waals surface area contributed by atoms with Gasteiger partial charge in [-0.05, 0) is 43.2 Å². The van der Waals surface area contributed by atoms with Crippen LogP contribution in [0.5, 0.6) is 5.75 Å². The monoisotopic (exact) mass is 408 g/mol. The predicted octanol–water partition coefficient (Wildman–Crippen LogP) is 2.87. The molecule has 7 nitrogen and oxygen atoms in total. The molecular weight excluding hydrogens is 380 g/mol. The average Bonchev–Trinajstić information content (AvgIpc) is 2.94. The molecule has 0 aromatic heterocycles. The van der Waals surface area contributed by atoms with Crippen LogP contribution >= 0.6 is 0 Å². The third-order valence-corrected chi connectivity index (χ3v) is 5.65. The summed E-state index contributed by atoms with van der Waals surface area (Å²) in [6.45, 7) is 5.29. The Balaban J connectivity index is 1.76. The molecule has 1 atom stereocenters. The fourth-order valence-electron chi connectivity index (χ4n) is 3.97. The highest BCUT2D eigenvalue weighted by Crippen LogP contribution is 2.28. The molecule has 2 aromatic rings. The molecule has 2 heterocycles. The molecule has 158 valence electrons. The van der Waals surface area contributed by atoms with Crippen LogP contribution in [0.2, 0.25) is 0 Å². The lowest BCUT2D eigenvalue weighted by atomic mass is 9.94. The number of anilines is 1. The van der Waals surface area contributed by atoms with Crippen molar-refractivity contribution in [2.24, 2.45) is 5.10 Å². The Hall–Kier alpha value is -3.06. The number of hydrogen-bond acceptors (Lipinski definition) is 5. The van der Waals surface area contributed by atoms with Gasteiger partial charge in [0, 0.05) is 37.0 Å². The first kappa shape index (κ1) is 20.2. The Labute approximate surface area is 177 Å². The van der Waals surface area contributed by atoms with Crippen LogP contribution in [0.15, 0.2) is 47.6 Å². The van der Waals surface area contributed by atoms with Gasteiger partial charge < -0.3 is 19.7 Å². The van der Waals surface area contributed by atoms with Gasteiger partial charge in [-0.2, -0.15) is 5.10 Å². The number of carbonyl (C=O) groups is 1. The number of fused-ring (bicyclic) bond motifs is 1. The number of methoxy groups -OCH3 is 1. The summed E-state index contributed by atoms with van der Waals surface area (Å²) in [5.41, 5.74) is 5.03. The van der Waals surface area contributed by atoms with Crippen molar-refractivity contribution < 1.29 is 14.3 Å². The smallest absolute Gasteiger partial charge is 0.337 e. The van der Waals surface area contributed by atoms with Crippen LogP contribution in [-0.2, 0) is 11.2 Å². The molecule has 1 saturated heterocycles. The predicted molar refractivity (Wildman–Crippen MR) is 118 cm³/mol. The largest absolute Gasteiger partial charge is 0.497 e. The van der Waals surface area contributed by atoms with Crippen LogP contribution in [0.3, 0.4) is 0 Å². The van der Waals surface area contributed by atoms with Crippen molar-refractivity contribution >= 4 is 17.4 Å². The Morgan fingerprint density at radius 1 is 1.17 bits per heavy atom. The van der Waals surface area contributed by atoms with E-state index >= 15 is 0 Å². The number of nitrogens with one attached hydrogen (secondary N) is 1. The van der Waals surface area contributed by atoms with Crippen LogP contribution in [-0.4, -0.2) is 63.3 Å².